The summed E-state index contributed by atoms with van der Waals surface area (Å²) in [6.07, 6.45) is 1.72. The van der Waals surface area contributed by atoms with Crippen molar-refractivity contribution in [2.75, 3.05) is 13.2 Å². The van der Waals surface area contributed by atoms with Gasteiger partial charge >= 0.3 is 0 Å². The van der Waals surface area contributed by atoms with E-state index < -0.39 is 0 Å². The van der Waals surface area contributed by atoms with Crippen molar-refractivity contribution in [2.45, 2.75) is 32.8 Å². The van der Waals surface area contributed by atoms with Crippen LogP contribution in [0.1, 0.15) is 37.0 Å². The van der Waals surface area contributed by atoms with Crippen LogP contribution in [0.4, 0.5) is 0 Å². The molecule has 1 N–H and O–H groups in total. The van der Waals surface area contributed by atoms with Gasteiger partial charge in [-0.15, -0.1) is 0 Å². The van der Waals surface area contributed by atoms with Crippen LogP contribution in [0.5, 0.6) is 0 Å². The second-order valence-corrected chi connectivity index (χ2v) is 7.04. The predicted octanol–water partition coefficient (Wildman–Crippen LogP) is 6.32. The molecule has 0 aliphatic rings. The van der Waals surface area contributed by atoms with Gasteiger partial charge in [0, 0.05) is 11.6 Å². The number of aliphatic hydroxyl groups excluding tert-OH is 1. The van der Waals surface area contributed by atoms with Crippen molar-refractivity contribution in [3.63, 3.8) is 0 Å². The third-order valence-corrected chi connectivity index (χ3v) is 4.99. The largest absolute Gasteiger partial charge is 0.393 e. The summed E-state index contributed by atoms with van der Waals surface area (Å²) >= 11 is 6.10. The Morgan fingerprint density at radius 2 is 1.81 bits per heavy atom. The molecule has 0 bridgehead atoms. The average Bonchev–Trinajstić information content (AvgIpc) is 2.66. The standard InChI is InChI=1S/C23H25ClO2/c1-3-4-13-26-21(15-25)22-16(2)14-18-7-5-6-8-20(18)23(22)17-9-11-19(24)12-10-17/h5-12,14,21,25H,3-4,13,15H2,1-2H3. The molecular formula is C23H25ClO2. The van der Waals surface area contributed by atoms with Crippen LogP contribution in [0.15, 0.2) is 54.6 Å². The molecule has 0 aliphatic carbocycles. The molecule has 0 aromatic heterocycles. The lowest BCUT2D eigenvalue weighted by molar-refractivity contribution is 0.0105. The minimum Gasteiger partial charge on any atom is -0.393 e. The summed E-state index contributed by atoms with van der Waals surface area (Å²) in [5.41, 5.74) is 4.39. The van der Waals surface area contributed by atoms with Crippen LogP contribution in [0, 0.1) is 6.92 Å². The Hall–Kier alpha value is -1.87. The van der Waals surface area contributed by atoms with Crippen LogP contribution in [0.3, 0.4) is 0 Å². The quantitative estimate of drug-likeness (QED) is 0.494. The van der Waals surface area contributed by atoms with Crippen LogP contribution in [0.25, 0.3) is 21.9 Å². The number of ether oxygens (including phenoxy) is 1. The van der Waals surface area contributed by atoms with E-state index in [0.717, 1.165) is 40.5 Å². The van der Waals surface area contributed by atoms with E-state index >= 15 is 0 Å². The zero-order chi connectivity index (χ0) is 18.5. The average molecular weight is 369 g/mol. The van der Waals surface area contributed by atoms with Gasteiger partial charge in [0.1, 0.15) is 6.10 Å². The fourth-order valence-electron chi connectivity index (χ4n) is 3.44. The zero-order valence-electron chi connectivity index (χ0n) is 15.3. The fraction of sp³-hybridized carbons (Fsp3) is 0.304. The fourth-order valence-corrected chi connectivity index (χ4v) is 3.57. The van der Waals surface area contributed by atoms with Crippen molar-refractivity contribution < 1.29 is 9.84 Å². The molecule has 0 spiro atoms. The van der Waals surface area contributed by atoms with Gasteiger partial charge < -0.3 is 9.84 Å². The van der Waals surface area contributed by atoms with Crippen LogP contribution >= 0.6 is 11.6 Å². The van der Waals surface area contributed by atoms with Crippen LogP contribution in [0.2, 0.25) is 5.02 Å². The van der Waals surface area contributed by atoms with E-state index in [0.29, 0.717) is 11.6 Å². The number of aliphatic hydroxyl groups is 1. The van der Waals surface area contributed by atoms with Gasteiger partial charge in [-0.2, -0.15) is 0 Å². The monoisotopic (exact) mass is 368 g/mol. The zero-order valence-corrected chi connectivity index (χ0v) is 16.1. The highest BCUT2D eigenvalue weighted by Gasteiger charge is 2.21. The number of aryl methyl sites for hydroxylation is 1. The first-order valence-electron chi connectivity index (χ1n) is 9.16. The lowest BCUT2D eigenvalue weighted by Gasteiger charge is -2.23. The summed E-state index contributed by atoms with van der Waals surface area (Å²) in [6, 6.07) is 18.4. The molecule has 0 heterocycles. The van der Waals surface area contributed by atoms with Gasteiger partial charge in [-0.05, 0) is 58.5 Å². The molecule has 0 amide bonds. The first-order chi connectivity index (χ1) is 12.7. The van der Waals surface area contributed by atoms with Crippen molar-refractivity contribution in [1.29, 1.82) is 0 Å². The van der Waals surface area contributed by atoms with Gasteiger partial charge in [0.15, 0.2) is 0 Å². The summed E-state index contributed by atoms with van der Waals surface area (Å²) in [5, 5.41) is 13.1. The maximum absolute atomic E-state index is 10.0. The third-order valence-electron chi connectivity index (χ3n) is 4.73. The molecule has 3 aromatic rings. The van der Waals surface area contributed by atoms with Crippen molar-refractivity contribution in [3.8, 4) is 11.1 Å². The van der Waals surface area contributed by atoms with Gasteiger partial charge in [-0.25, -0.2) is 0 Å². The molecule has 3 aromatic carbocycles. The first-order valence-corrected chi connectivity index (χ1v) is 9.54. The van der Waals surface area contributed by atoms with E-state index in [-0.39, 0.29) is 12.7 Å². The lowest BCUT2D eigenvalue weighted by atomic mass is 9.87. The summed E-state index contributed by atoms with van der Waals surface area (Å²) in [6.45, 7) is 4.84. The molecule has 0 radical (unpaired) electrons. The molecule has 136 valence electrons. The van der Waals surface area contributed by atoms with Crippen LogP contribution in [-0.4, -0.2) is 18.3 Å². The molecule has 0 aliphatic heterocycles. The Labute approximate surface area is 160 Å². The summed E-state index contributed by atoms with van der Waals surface area (Å²) < 4.78 is 6.06. The molecule has 0 fully saturated rings. The van der Waals surface area contributed by atoms with E-state index in [9.17, 15) is 5.11 Å². The lowest BCUT2D eigenvalue weighted by Crippen LogP contribution is -2.13. The molecule has 2 nitrogen and oxygen atoms in total. The number of rotatable bonds is 7. The van der Waals surface area contributed by atoms with E-state index in [4.69, 9.17) is 16.3 Å². The van der Waals surface area contributed by atoms with Crippen molar-refractivity contribution in [3.05, 3.63) is 70.7 Å². The molecule has 0 saturated heterocycles. The van der Waals surface area contributed by atoms with Gasteiger partial charge in [0.25, 0.3) is 0 Å². The first kappa shape index (κ1) is 18.9. The third kappa shape index (κ3) is 3.93. The Bertz CT molecular complexity index is 871. The number of hydrogen-bond donors (Lipinski definition) is 1. The maximum atomic E-state index is 10.0. The predicted molar refractivity (Wildman–Crippen MR) is 110 cm³/mol. The summed E-state index contributed by atoms with van der Waals surface area (Å²) in [5.74, 6) is 0. The molecule has 3 heteroatoms. The Morgan fingerprint density at radius 1 is 1.08 bits per heavy atom. The number of fused-ring (bicyclic) bond motifs is 1. The Morgan fingerprint density at radius 3 is 2.50 bits per heavy atom. The second-order valence-electron chi connectivity index (χ2n) is 6.61. The smallest absolute Gasteiger partial charge is 0.106 e. The van der Waals surface area contributed by atoms with Gasteiger partial charge in [-0.1, -0.05) is 67.4 Å². The van der Waals surface area contributed by atoms with Crippen molar-refractivity contribution in [1.82, 2.24) is 0 Å². The molecule has 0 saturated carbocycles. The van der Waals surface area contributed by atoms with E-state index in [2.05, 4.69) is 32.0 Å². The van der Waals surface area contributed by atoms with Gasteiger partial charge in [-0.3, -0.25) is 0 Å². The molecule has 26 heavy (non-hydrogen) atoms. The van der Waals surface area contributed by atoms with E-state index in [1.54, 1.807) is 0 Å². The van der Waals surface area contributed by atoms with E-state index in [1.807, 2.05) is 36.4 Å². The number of hydrogen-bond acceptors (Lipinski definition) is 2. The highest BCUT2D eigenvalue weighted by molar-refractivity contribution is 6.30. The minimum atomic E-state index is -0.336. The molecular weight excluding hydrogens is 344 g/mol. The minimum absolute atomic E-state index is 0.0382. The summed E-state index contributed by atoms with van der Waals surface area (Å²) in [7, 11) is 0. The Balaban J connectivity index is 2.21. The van der Waals surface area contributed by atoms with Crippen LogP contribution < -0.4 is 0 Å². The topological polar surface area (TPSA) is 29.5 Å². The van der Waals surface area contributed by atoms with Crippen LogP contribution in [-0.2, 0) is 4.74 Å². The second kappa shape index (κ2) is 8.68. The normalized spacial score (nSPS) is 12.5. The van der Waals surface area contributed by atoms with Gasteiger partial charge in [0.05, 0.1) is 6.61 Å². The highest BCUT2D eigenvalue weighted by atomic mass is 35.5. The number of unbranched alkanes of at least 4 members (excludes halogenated alkanes) is 1. The molecule has 3 rings (SSSR count). The maximum Gasteiger partial charge on any atom is 0.106 e. The number of benzene rings is 3. The highest BCUT2D eigenvalue weighted by Crippen LogP contribution is 2.39. The van der Waals surface area contributed by atoms with Crippen molar-refractivity contribution in [2.24, 2.45) is 0 Å². The molecule has 1 unspecified atom stereocenters. The van der Waals surface area contributed by atoms with Crippen molar-refractivity contribution >= 4 is 22.4 Å². The Kier molecular flexibility index (Phi) is 6.31. The number of halogens is 1. The SMILES string of the molecule is CCCCOC(CO)c1c(C)cc2ccccc2c1-c1ccc(Cl)cc1. The molecule has 1 atom stereocenters. The summed E-state index contributed by atoms with van der Waals surface area (Å²) in [4.78, 5) is 0. The van der Waals surface area contributed by atoms with E-state index in [1.165, 1.54) is 5.39 Å². The van der Waals surface area contributed by atoms with Gasteiger partial charge in [0.2, 0.25) is 0 Å².